The Kier molecular flexibility index (Phi) is 2.56. The Balaban J connectivity index is 2.32. The van der Waals surface area contributed by atoms with Gasteiger partial charge in [-0.3, -0.25) is 0 Å². The summed E-state index contributed by atoms with van der Waals surface area (Å²) in [5, 5.41) is 10.1. The van der Waals surface area contributed by atoms with Crippen molar-refractivity contribution in [1.82, 2.24) is 9.55 Å². The lowest BCUT2D eigenvalue weighted by atomic mass is 10.1. The third kappa shape index (κ3) is 1.92. The van der Waals surface area contributed by atoms with E-state index in [0.29, 0.717) is 5.82 Å². The first-order valence-corrected chi connectivity index (χ1v) is 4.90. The summed E-state index contributed by atoms with van der Waals surface area (Å²) < 4.78 is 1.82. The van der Waals surface area contributed by atoms with E-state index in [4.69, 9.17) is 0 Å². The molecule has 2 aromatic rings. The highest BCUT2D eigenvalue weighted by Gasteiger charge is 2.13. The van der Waals surface area contributed by atoms with Crippen LogP contribution in [0.15, 0.2) is 36.7 Å². The molecule has 0 saturated heterocycles. The van der Waals surface area contributed by atoms with E-state index in [0.717, 1.165) is 5.56 Å². The van der Waals surface area contributed by atoms with Crippen molar-refractivity contribution in [2.24, 2.45) is 7.05 Å². The zero-order valence-corrected chi connectivity index (χ0v) is 8.88. The van der Waals surface area contributed by atoms with Crippen LogP contribution in [0.2, 0.25) is 0 Å². The molecule has 1 N–H and O–H groups in total. The Labute approximate surface area is 89.0 Å². The van der Waals surface area contributed by atoms with Crippen molar-refractivity contribution in [1.29, 1.82) is 0 Å². The first-order valence-electron chi connectivity index (χ1n) is 4.90. The molecule has 0 spiro atoms. The molecule has 15 heavy (non-hydrogen) atoms. The van der Waals surface area contributed by atoms with Crippen LogP contribution in [0, 0.1) is 6.92 Å². The third-order valence-electron chi connectivity index (χ3n) is 2.50. The number of hydrogen-bond donors (Lipinski definition) is 1. The molecule has 78 valence electrons. The molecule has 0 amide bonds. The van der Waals surface area contributed by atoms with E-state index in [-0.39, 0.29) is 0 Å². The summed E-state index contributed by atoms with van der Waals surface area (Å²) in [7, 11) is 1.87. The van der Waals surface area contributed by atoms with Gasteiger partial charge in [0.05, 0.1) is 0 Å². The minimum atomic E-state index is -0.648. The smallest absolute Gasteiger partial charge is 0.142 e. The van der Waals surface area contributed by atoms with Crippen molar-refractivity contribution in [2.45, 2.75) is 13.0 Å². The molecule has 0 bridgehead atoms. The fraction of sp³-hybridized carbons (Fsp3) is 0.250. The molecular formula is C12H14N2O. The van der Waals surface area contributed by atoms with Crippen LogP contribution in [0.25, 0.3) is 0 Å². The van der Waals surface area contributed by atoms with Gasteiger partial charge in [-0.25, -0.2) is 4.98 Å². The lowest BCUT2D eigenvalue weighted by molar-refractivity contribution is 0.206. The summed E-state index contributed by atoms with van der Waals surface area (Å²) in [4.78, 5) is 4.13. The Hall–Kier alpha value is -1.61. The molecule has 1 atom stereocenters. The van der Waals surface area contributed by atoms with Crippen molar-refractivity contribution in [3.63, 3.8) is 0 Å². The Bertz CT molecular complexity index is 445. The highest BCUT2D eigenvalue weighted by atomic mass is 16.3. The number of hydrogen-bond acceptors (Lipinski definition) is 2. The standard InChI is InChI=1S/C12H14N2O/c1-9-3-5-10(6-4-9)11(15)12-13-7-8-14(12)2/h3-8,11,15H,1-2H3. The number of aromatic nitrogens is 2. The Morgan fingerprint density at radius 2 is 1.93 bits per heavy atom. The average molecular weight is 202 g/mol. The van der Waals surface area contributed by atoms with E-state index in [1.54, 1.807) is 6.20 Å². The monoisotopic (exact) mass is 202 g/mol. The molecular weight excluding hydrogens is 188 g/mol. The molecule has 0 aliphatic heterocycles. The number of benzene rings is 1. The van der Waals surface area contributed by atoms with Gasteiger partial charge in [-0.1, -0.05) is 29.8 Å². The second kappa shape index (κ2) is 3.87. The number of nitrogens with zero attached hydrogens (tertiary/aromatic N) is 2. The Morgan fingerprint density at radius 1 is 1.27 bits per heavy atom. The van der Waals surface area contributed by atoms with Gasteiger partial charge in [0.25, 0.3) is 0 Å². The first-order chi connectivity index (χ1) is 7.18. The maximum atomic E-state index is 10.1. The number of aliphatic hydroxyl groups is 1. The van der Waals surface area contributed by atoms with Crippen molar-refractivity contribution in [3.05, 3.63) is 53.6 Å². The fourth-order valence-electron chi connectivity index (χ4n) is 1.54. The van der Waals surface area contributed by atoms with Crippen LogP contribution in [0.4, 0.5) is 0 Å². The predicted octanol–water partition coefficient (Wildman–Crippen LogP) is 1.81. The summed E-state index contributed by atoms with van der Waals surface area (Å²) in [5.74, 6) is 0.666. The van der Waals surface area contributed by atoms with Gasteiger partial charge >= 0.3 is 0 Å². The molecule has 1 aromatic heterocycles. The molecule has 1 unspecified atom stereocenters. The lowest BCUT2D eigenvalue weighted by Crippen LogP contribution is -2.06. The number of aryl methyl sites for hydroxylation is 2. The van der Waals surface area contributed by atoms with Crippen LogP contribution >= 0.6 is 0 Å². The van der Waals surface area contributed by atoms with Gasteiger partial charge in [-0.2, -0.15) is 0 Å². The summed E-state index contributed by atoms with van der Waals surface area (Å²) in [6.07, 6.45) is 2.87. The molecule has 1 aromatic carbocycles. The second-order valence-electron chi connectivity index (χ2n) is 3.71. The SMILES string of the molecule is Cc1ccc(C(O)c2nccn2C)cc1. The molecule has 0 aliphatic carbocycles. The van der Waals surface area contributed by atoms with Crippen molar-refractivity contribution >= 4 is 0 Å². The van der Waals surface area contributed by atoms with E-state index >= 15 is 0 Å². The van der Waals surface area contributed by atoms with Crippen LogP contribution in [-0.4, -0.2) is 14.7 Å². The van der Waals surface area contributed by atoms with Gasteiger partial charge in [0.15, 0.2) is 0 Å². The minimum Gasteiger partial charge on any atom is -0.380 e. The highest BCUT2D eigenvalue weighted by Crippen LogP contribution is 2.19. The molecule has 2 rings (SSSR count). The minimum absolute atomic E-state index is 0.648. The fourth-order valence-corrected chi connectivity index (χ4v) is 1.54. The molecule has 0 fully saturated rings. The van der Waals surface area contributed by atoms with E-state index in [1.807, 2.05) is 49.0 Å². The van der Waals surface area contributed by atoms with Crippen LogP contribution in [0.5, 0.6) is 0 Å². The van der Waals surface area contributed by atoms with Gasteiger partial charge < -0.3 is 9.67 Å². The van der Waals surface area contributed by atoms with Crippen LogP contribution in [0.3, 0.4) is 0 Å². The summed E-state index contributed by atoms with van der Waals surface area (Å²) in [5.41, 5.74) is 2.06. The van der Waals surface area contributed by atoms with Gasteiger partial charge in [-0.05, 0) is 12.5 Å². The van der Waals surface area contributed by atoms with Crippen molar-refractivity contribution < 1.29 is 5.11 Å². The van der Waals surface area contributed by atoms with E-state index < -0.39 is 6.10 Å². The first kappa shape index (κ1) is 9.93. The third-order valence-corrected chi connectivity index (χ3v) is 2.50. The number of aliphatic hydroxyl groups excluding tert-OH is 1. The van der Waals surface area contributed by atoms with Gasteiger partial charge in [0, 0.05) is 19.4 Å². The van der Waals surface area contributed by atoms with Crippen LogP contribution < -0.4 is 0 Å². The molecule has 0 saturated carbocycles. The van der Waals surface area contributed by atoms with Crippen LogP contribution in [0.1, 0.15) is 23.1 Å². The molecule has 1 heterocycles. The normalized spacial score (nSPS) is 12.7. The number of imidazole rings is 1. The maximum absolute atomic E-state index is 10.1. The summed E-state index contributed by atoms with van der Waals surface area (Å²) in [6, 6.07) is 7.83. The zero-order chi connectivity index (χ0) is 10.8. The second-order valence-corrected chi connectivity index (χ2v) is 3.71. The van der Waals surface area contributed by atoms with Gasteiger partial charge in [0.1, 0.15) is 11.9 Å². The summed E-state index contributed by atoms with van der Waals surface area (Å²) >= 11 is 0. The quantitative estimate of drug-likeness (QED) is 0.806. The van der Waals surface area contributed by atoms with Gasteiger partial charge in [0.2, 0.25) is 0 Å². The van der Waals surface area contributed by atoms with Crippen LogP contribution in [-0.2, 0) is 7.05 Å². The molecule has 0 aliphatic rings. The van der Waals surface area contributed by atoms with E-state index in [1.165, 1.54) is 5.56 Å². The molecule has 3 heteroatoms. The predicted molar refractivity (Wildman–Crippen MR) is 58.4 cm³/mol. The van der Waals surface area contributed by atoms with E-state index in [2.05, 4.69) is 4.98 Å². The molecule has 3 nitrogen and oxygen atoms in total. The largest absolute Gasteiger partial charge is 0.380 e. The van der Waals surface area contributed by atoms with E-state index in [9.17, 15) is 5.11 Å². The van der Waals surface area contributed by atoms with Crippen molar-refractivity contribution in [3.8, 4) is 0 Å². The van der Waals surface area contributed by atoms with Crippen molar-refractivity contribution in [2.75, 3.05) is 0 Å². The highest BCUT2D eigenvalue weighted by molar-refractivity contribution is 5.26. The van der Waals surface area contributed by atoms with Gasteiger partial charge in [-0.15, -0.1) is 0 Å². The topological polar surface area (TPSA) is 38.1 Å². The average Bonchev–Trinajstić information content (AvgIpc) is 2.65. The zero-order valence-electron chi connectivity index (χ0n) is 8.88. The Morgan fingerprint density at radius 3 is 2.47 bits per heavy atom. The lowest BCUT2D eigenvalue weighted by Gasteiger charge is -2.10. The summed E-state index contributed by atoms with van der Waals surface area (Å²) in [6.45, 7) is 2.02. The number of rotatable bonds is 2. The maximum Gasteiger partial charge on any atom is 0.142 e. The molecule has 0 radical (unpaired) electrons.